The third kappa shape index (κ3) is 11.7. The van der Waals surface area contributed by atoms with E-state index in [0.717, 1.165) is 61.6 Å². The number of rotatable bonds is 9. The number of para-hydroxylation sites is 2. The lowest BCUT2D eigenvalue weighted by molar-refractivity contribution is -0.121. The minimum atomic E-state index is 0. The first kappa shape index (κ1) is 34.5. The van der Waals surface area contributed by atoms with Gasteiger partial charge in [-0.3, -0.25) is 9.78 Å². The Morgan fingerprint density at radius 1 is 0.950 bits per heavy atom. The lowest BCUT2D eigenvalue weighted by Gasteiger charge is -2.13. The molecule has 218 valence electrons. The highest BCUT2D eigenvalue weighted by Crippen LogP contribution is 2.33. The molecule has 1 aliphatic carbocycles. The van der Waals surface area contributed by atoms with Crippen LogP contribution in [-0.2, 0) is 17.8 Å². The van der Waals surface area contributed by atoms with E-state index in [2.05, 4.69) is 48.3 Å². The van der Waals surface area contributed by atoms with E-state index in [1.165, 1.54) is 11.1 Å². The number of pyridine rings is 1. The number of ether oxygens (including phenoxy) is 1. The van der Waals surface area contributed by atoms with Crippen LogP contribution in [0.5, 0.6) is 5.75 Å². The third-order valence-electron chi connectivity index (χ3n) is 6.53. The molecule has 1 saturated carbocycles. The first-order valence-corrected chi connectivity index (χ1v) is 14.2. The number of benzene rings is 3. The summed E-state index contributed by atoms with van der Waals surface area (Å²) in [6.45, 7) is 8.76. The number of carbonyl (C=O) groups is 1. The molecule has 1 heterocycles. The van der Waals surface area contributed by atoms with Crippen molar-refractivity contribution in [2.24, 2.45) is 11.8 Å². The maximum absolute atomic E-state index is 11.8. The van der Waals surface area contributed by atoms with Gasteiger partial charge in [0.05, 0.1) is 5.52 Å². The maximum atomic E-state index is 11.8. The van der Waals surface area contributed by atoms with Crippen LogP contribution < -0.4 is 4.74 Å². The topological polar surface area (TPSA) is 59.4 Å². The molecule has 4 aromatic rings. The largest absolute Gasteiger partial charge is 0.489 e. The Morgan fingerprint density at radius 2 is 1.52 bits per heavy atom. The van der Waals surface area contributed by atoms with Gasteiger partial charge >= 0.3 is 0 Å². The van der Waals surface area contributed by atoms with E-state index < -0.39 is 0 Å². The van der Waals surface area contributed by atoms with Crippen LogP contribution in [0.25, 0.3) is 10.9 Å². The minimum absolute atomic E-state index is 0. The monoisotopic (exact) mass is 545 g/mol. The van der Waals surface area contributed by atoms with Crippen LogP contribution in [0, 0.1) is 18.8 Å². The number of fused-ring (bicyclic) bond motifs is 1. The number of carbonyl (C=O) groups excluding carboxylic acids is 1. The van der Waals surface area contributed by atoms with Crippen molar-refractivity contribution in [3.63, 3.8) is 0 Å². The predicted octanol–water partition coefficient (Wildman–Crippen LogP) is 9.26. The van der Waals surface area contributed by atoms with E-state index in [-0.39, 0.29) is 8.85 Å². The molecule has 1 unspecified atom stereocenters. The molecule has 5 rings (SSSR count). The summed E-state index contributed by atoms with van der Waals surface area (Å²) >= 11 is 0. The summed E-state index contributed by atoms with van der Waals surface area (Å²) < 4.78 is 5.83. The normalized spacial score (nSPS) is 12.2. The van der Waals surface area contributed by atoms with E-state index >= 15 is 0 Å². The fourth-order valence-corrected chi connectivity index (χ4v) is 4.36. The molecular weight excluding hydrogens is 494 g/mol. The summed E-state index contributed by atoms with van der Waals surface area (Å²) in [6, 6.07) is 30.6. The Kier molecular flexibility index (Phi) is 16.9. The fraction of sp³-hybridized carbons (Fsp3) is 0.389. The van der Waals surface area contributed by atoms with Crippen LogP contribution in [-0.4, -0.2) is 23.0 Å². The minimum Gasteiger partial charge on any atom is -0.489 e. The molecule has 1 aromatic heterocycles. The summed E-state index contributed by atoms with van der Waals surface area (Å²) in [7, 11) is 1.00. The van der Waals surface area contributed by atoms with Crippen LogP contribution in [0.1, 0.15) is 72.1 Å². The molecule has 1 fully saturated rings. The van der Waals surface area contributed by atoms with Crippen LogP contribution >= 0.6 is 0 Å². The number of aliphatic hydroxyl groups excluding tert-OH is 1. The number of ketones is 1. The number of hydrogen-bond acceptors (Lipinski definition) is 4. The summed E-state index contributed by atoms with van der Waals surface area (Å²) in [6.07, 6.45) is 5.22. The van der Waals surface area contributed by atoms with Crippen molar-refractivity contribution < 1.29 is 16.1 Å². The molecular formula is C36H51NO3. The van der Waals surface area contributed by atoms with E-state index in [1.807, 2.05) is 75.4 Å². The smallest absolute Gasteiger partial charge is 0.136 e. The molecule has 0 bridgehead atoms. The Balaban J connectivity index is 0.000000674. The van der Waals surface area contributed by atoms with Crippen molar-refractivity contribution in [3.8, 4) is 5.75 Å². The summed E-state index contributed by atoms with van der Waals surface area (Å²) in [5, 5.41) is 8.16. The molecule has 0 aliphatic heterocycles. The zero-order valence-corrected chi connectivity index (χ0v) is 24.3. The first-order valence-electron chi connectivity index (χ1n) is 14.2. The second-order valence-corrected chi connectivity index (χ2v) is 9.45. The standard InChI is InChI=1S/C17H15NO.C15H20O.C2H6.CH4O.CH4.H2/c1-13-11-14(12-19-15-7-3-2-4-8-15)16-9-5-6-10-17(16)18-13;1-2-12(11-15(16)14-8-9-14)10-13-6-4-3-5-7-13;2*1-2;;/h2-11H,12H2,1H3;3-7,12,14H,2,8-11H2,1H3;1-2H3;2H,1H3;1H4;1H. The average molecular weight is 546 g/mol. The maximum Gasteiger partial charge on any atom is 0.136 e. The van der Waals surface area contributed by atoms with Gasteiger partial charge in [-0.05, 0) is 61.9 Å². The highest BCUT2D eigenvalue weighted by molar-refractivity contribution is 5.83. The van der Waals surface area contributed by atoms with Gasteiger partial charge in [-0.15, -0.1) is 0 Å². The molecule has 1 atom stereocenters. The zero-order chi connectivity index (χ0) is 28.5. The van der Waals surface area contributed by atoms with Crippen LogP contribution in [0.15, 0.2) is 91.0 Å². The van der Waals surface area contributed by atoms with Gasteiger partial charge in [0.15, 0.2) is 0 Å². The van der Waals surface area contributed by atoms with E-state index in [4.69, 9.17) is 9.84 Å². The Hall–Kier alpha value is -3.50. The summed E-state index contributed by atoms with van der Waals surface area (Å²) in [5.41, 5.74) is 4.57. The van der Waals surface area contributed by atoms with Gasteiger partial charge in [0, 0.05) is 37.5 Å². The number of aliphatic hydroxyl groups is 1. The van der Waals surface area contributed by atoms with Crippen molar-refractivity contribution in [3.05, 3.63) is 108 Å². The molecule has 1 N–H and O–H groups in total. The molecule has 0 amide bonds. The number of aryl methyl sites for hydroxylation is 1. The van der Waals surface area contributed by atoms with E-state index in [1.54, 1.807) is 0 Å². The molecule has 4 nitrogen and oxygen atoms in total. The first-order chi connectivity index (χ1) is 19.1. The SMILES string of the molecule is C.CC.CCC(CC(=O)C1CC1)Cc1ccccc1.CO.Cc1cc(COc2ccccc2)c2ccccc2n1.[HH]. The van der Waals surface area contributed by atoms with Gasteiger partial charge in [0.2, 0.25) is 0 Å². The van der Waals surface area contributed by atoms with E-state index in [9.17, 15) is 4.79 Å². The van der Waals surface area contributed by atoms with Gasteiger partial charge in [-0.1, -0.05) is 101 Å². The van der Waals surface area contributed by atoms with E-state index in [0.29, 0.717) is 24.2 Å². The quantitative estimate of drug-likeness (QED) is 0.228. The Morgan fingerprint density at radius 3 is 2.12 bits per heavy atom. The Labute approximate surface area is 243 Å². The second-order valence-electron chi connectivity index (χ2n) is 9.45. The fourth-order valence-electron chi connectivity index (χ4n) is 4.36. The number of hydrogen-bond donors (Lipinski definition) is 1. The Bertz CT molecular complexity index is 1230. The zero-order valence-electron chi connectivity index (χ0n) is 24.3. The van der Waals surface area contributed by atoms with Gasteiger partial charge < -0.3 is 9.84 Å². The van der Waals surface area contributed by atoms with Crippen molar-refractivity contribution in [1.82, 2.24) is 4.98 Å². The highest BCUT2D eigenvalue weighted by Gasteiger charge is 2.30. The lowest BCUT2D eigenvalue weighted by atomic mass is 9.91. The molecule has 4 heteroatoms. The molecule has 1 aliphatic rings. The van der Waals surface area contributed by atoms with Gasteiger partial charge in [-0.25, -0.2) is 0 Å². The predicted molar refractivity (Wildman–Crippen MR) is 172 cm³/mol. The lowest BCUT2D eigenvalue weighted by Crippen LogP contribution is -2.11. The number of aromatic nitrogens is 1. The molecule has 0 radical (unpaired) electrons. The highest BCUT2D eigenvalue weighted by atomic mass is 16.5. The molecule has 3 aromatic carbocycles. The van der Waals surface area contributed by atoms with Gasteiger partial charge in [0.1, 0.15) is 18.1 Å². The van der Waals surface area contributed by atoms with Crippen LogP contribution in [0.4, 0.5) is 0 Å². The molecule has 0 spiro atoms. The molecule has 40 heavy (non-hydrogen) atoms. The number of Topliss-reactive ketones (excluding diaryl/α,β-unsaturated/α-hetero) is 1. The summed E-state index contributed by atoms with van der Waals surface area (Å²) in [5.74, 6) is 2.35. The van der Waals surface area contributed by atoms with Crippen molar-refractivity contribution in [2.75, 3.05) is 7.11 Å². The average Bonchev–Trinajstić information content (AvgIpc) is 3.85. The van der Waals surface area contributed by atoms with Gasteiger partial charge in [-0.2, -0.15) is 0 Å². The van der Waals surface area contributed by atoms with Gasteiger partial charge in [0.25, 0.3) is 0 Å². The molecule has 0 saturated heterocycles. The summed E-state index contributed by atoms with van der Waals surface area (Å²) in [4.78, 5) is 16.3. The van der Waals surface area contributed by atoms with Crippen LogP contribution in [0.2, 0.25) is 0 Å². The van der Waals surface area contributed by atoms with Crippen molar-refractivity contribution in [2.45, 2.75) is 73.8 Å². The van der Waals surface area contributed by atoms with Crippen LogP contribution in [0.3, 0.4) is 0 Å². The van der Waals surface area contributed by atoms with Crippen molar-refractivity contribution in [1.29, 1.82) is 0 Å². The van der Waals surface area contributed by atoms with Crippen molar-refractivity contribution >= 4 is 16.7 Å². The second kappa shape index (κ2) is 19.5. The number of nitrogens with zero attached hydrogens (tertiary/aromatic N) is 1. The third-order valence-corrected chi connectivity index (χ3v) is 6.53.